The molecular formula is C19H22O2S. The maximum absolute atomic E-state index is 12.5. The summed E-state index contributed by atoms with van der Waals surface area (Å²) in [7, 11) is -3.43. The van der Waals surface area contributed by atoms with E-state index in [0.29, 0.717) is 4.90 Å². The molecule has 0 spiro atoms. The summed E-state index contributed by atoms with van der Waals surface area (Å²) in [5, 5.41) is 1.28. The van der Waals surface area contributed by atoms with Gasteiger partial charge in [-0.15, -0.1) is 0 Å². The number of sulfone groups is 1. The van der Waals surface area contributed by atoms with E-state index in [-0.39, 0.29) is 5.41 Å². The molecule has 0 heterocycles. The molecule has 0 atom stereocenters. The van der Waals surface area contributed by atoms with E-state index in [0.717, 1.165) is 16.7 Å². The molecule has 0 N–H and O–H groups in total. The molecule has 2 aromatic rings. The minimum Gasteiger partial charge on any atom is -0.219 e. The van der Waals surface area contributed by atoms with E-state index in [1.165, 1.54) is 5.41 Å². The zero-order chi connectivity index (χ0) is 16.4. The molecule has 2 rings (SSSR count). The highest BCUT2D eigenvalue weighted by molar-refractivity contribution is 7.94. The molecule has 0 unspecified atom stereocenters. The van der Waals surface area contributed by atoms with Gasteiger partial charge in [0.1, 0.15) is 0 Å². The van der Waals surface area contributed by atoms with Crippen LogP contribution in [-0.2, 0) is 15.3 Å². The van der Waals surface area contributed by atoms with Crippen LogP contribution in [0.3, 0.4) is 0 Å². The molecule has 2 aromatic carbocycles. The first-order chi connectivity index (χ1) is 10.2. The van der Waals surface area contributed by atoms with Crippen LogP contribution >= 0.6 is 0 Å². The van der Waals surface area contributed by atoms with E-state index in [1.807, 2.05) is 49.4 Å². The highest BCUT2D eigenvalue weighted by atomic mass is 32.2. The highest BCUT2D eigenvalue weighted by Crippen LogP contribution is 2.27. The molecule has 0 aliphatic carbocycles. The Morgan fingerprint density at radius 2 is 1.59 bits per heavy atom. The van der Waals surface area contributed by atoms with Crippen molar-refractivity contribution < 1.29 is 8.42 Å². The predicted molar refractivity (Wildman–Crippen MR) is 92.5 cm³/mol. The quantitative estimate of drug-likeness (QED) is 0.820. The maximum Gasteiger partial charge on any atom is 0.200 e. The van der Waals surface area contributed by atoms with Crippen LogP contribution in [0.4, 0.5) is 0 Å². The summed E-state index contributed by atoms with van der Waals surface area (Å²) >= 11 is 0. The molecule has 0 radical (unpaired) electrons. The lowest BCUT2D eigenvalue weighted by Gasteiger charge is -2.20. The number of hydrogen-bond acceptors (Lipinski definition) is 2. The van der Waals surface area contributed by atoms with Gasteiger partial charge in [-0.1, -0.05) is 63.2 Å². The van der Waals surface area contributed by atoms with Crippen LogP contribution in [0, 0.1) is 6.92 Å². The van der Waals surface area contributed by atoms with Crippen molar-refractivity contribution in [2.24, 2.45) is 0 Å². The molecule has 0 aromatic heterocycles. The summed E-state index contributed by atoms with van der Waals surface area (Å²) in [6.45, 7) is 8.19. The van der Waals surface area contributed by atoms with Crippen LogP contribution in [0.15, 0.2) is 58.8 Å². The molecule has 0 aliphatic heterocycles. The van der Waals surface area contributed by atoms with E-state index in [4.69, 9.17) is 0 Å². The van der Waals surface area contributed by atoms with Crippen molar-refractivity contribution in [3.05, 3.63) is 70.6 Å². The SMILES string of the molecule is Cc1cc(C(C)(C)C)ccc1S(=O)(=O)C=Cc1ccccc1. The Morgan fingerprint density at radius 3 is 2.14 bits per heavy atom. The van der Waals surface area contributed by atoms with Crippen LogP contribution < -0.4 is 0 Å². The molecule has 0 amide bonds. The van der Waals surface area contributed by atoms with Gasteiger partial charge in [-0.05, 0) is 41.2 Å². The molecular weight excluding hydrogens is 292 g/mol. The third-order valence-electron chi connectivity index (χ3n) is 3.59. The van der Waals surface area contributed by atoms with E-state index in [1.54, 1.807) is 12.1 Å². The van der Waals surface area contributed by atoms with Crippen molar-refractivity contribution in [2.75, 3.05) is 0 Å². The Balaban J connectivity index is 2.36. The van der Waals surface area contributed by atoms with Crippen molar-refractivity contribution in [3.63, 3.8) is 0 Å². The second-order valence-electron chi connectivity index (χ2n) is 6.49. The first-order valence-electron chi connectivity index (χ1n) is 7.29. The topological polar surface area (TPSA) is 34.1 Å². The van der Waals surface area contributed by atoms with Crippen molar-refractivity contribution in [1.29, 1.82) is 0 Å². The van der Waals surface area contributed by atoms with Crippen molar-refractivity contribution >= 4 is 15.9 Å². The number of rotatable bonds is 3. The third kappa shape index (κ3) is 3.86. The molecule has 2 nitrogen and oxygen atoms in total. The van der Waals surface area contributed by atoms with E-state index in [9.17, 15) is 8.42 Å². The number of aryl methyl sites for hydroxylation is 1. The minimum atomic E-state index is -3.43. The van der Waals surface area contributed by atoms with E-state index < -0.39 is 9.84 Å². The van der Waals surface area contributed by atoms with E-state index in [2.05, 4.69) is 20.8 Å². The third-order valence-corrected chi connectivity index (χ3v) is 5.15. The lowest BCUT2D eigenvalue weighted by molar-refractivity contribution is 0.587. The van der Waals surface area contributed by atoms with Gasteiger partial charge in [-0.3, -0.25) is 0 Å². The Kier molecular flexibility index (Phi) is 4.57. The Morgan fingerprint density at radius 1 is 0.955 bits per heavy atom. The fourth-order valence-corrected chi connectivity index (χ4v) is 3.49. The summed E-state index contributed by atoms with van der Waals surface area (Å²) < 4.78 is 25.0. The molecule has 0 aliphatic rings. The molecule has 116 valence electrons. The summed E-state index contributed by atoms with van der Waals surface area (Å²) in [6, 6.07) is 15.0. The van der Waals surface area contributed by atoms with E-state index >= 15 is 0 Å². The van der Waals surface area contributed by atoms with Gasteiger partial charge < -0.3 is 0 Å². The average molecular weight is 314 g/mol. The summed E-state index contributed by atoms with van der Waals surface area (Å²) in [6.07, 6.45) is 1.63. The molecule has 22 heavy (non-hydrogen) atoms. The molecule has 0 saturated heterocycles. The van der Waals surface area contributed by atoms with Crippen LogP contribution in [0.1, 0.15) is 37.5 Å². The molecule has 0 bridgehead atoms. The summed E-state index contributed by atoms with van der Waals surface area (Å²) in [5.74, 6) is 0. The first-order valence-corrected chi connectivity index (χ1v) is 8.84. The Labute approximate surface area is 133 Å². The van der Waals surface area contributed by atoms with Gasteiger partial charge in [0.2, 0.25) is 0 Å². The standard InChI is InChI=1S/C19H22O2S/c1-15-14-17(19(2,3)4)10-11-18(15)22(20,21)13-12-16-8-6-5-7-9-16/h5-14H,1-4H3. The largest absolute Gasteiger partial charge is 0.219 e. The zero-order valence-electron chi connectivity index (χ0n) is 13.5. The summed E-state index contributed by atoms with van der Waals surface area (Å²) in [4.78, 5) is 0.368. The van der Waals surface area contributed by atoms with Gasteiger partial charge in [0.25, 0.3) is 0 Å². The summed E-state index contributed by atoms with van der Waals surface area (Å²) in [5.41, 5.74) is 2.79. The van der Waals surface area contributed by atoms with Crippen LogP contribution in [0.25, 0.3) is 6.08 Å². The number of hydrogen-bond donors (Lipinski definition) is 0. The molecule has 0 saturated carbocycles. The van der Waals surface area contributed by atoms with Crippen molar-refractivity contribution in [2.45, 2.75) is 38.0 Å². The predicted octanol–water partition coefficient (Wildman–Crippen LogP) is 4.74. The Hall–Kier alpha value is -1.87. The fraction of sp³-hybridized carbons (Fsp3) is 0.263. The average Bonchev–Trinajstić information content (AvgIpc) is 2.45. The lowest BCUT2D eigenvalue weighted by Crippen LogP contribution is -2.12. The van der Waals surface area contributed by atoms with Crippen molar-refractivity contribution in [3.8, 4) is 0 Å². The zero-order valence-corrected chi connectivity index (χ0v) is 14.3. The van der Waals surface area contributed by atoms with Gasteiger partial charge in [0.05, 0.1) is 4.90 Å². The first kappa shape index (κ1) is 16.5. The monoisotopic (exact) mass is 314 g/mol. The van der Waals surface area contributed by atoms with Crippen LogP contribution in [-0.4, -0.2) is 8.42 Å². The van der Waals surface area contributed by atoms with Gasteiger partial charge in [-0.25, -0.2) is 8.42 Å². The second kappa shape index (κ2) is 6.09. The molecule has 0 fully saturated rings. The smallest absolute Gasteiger partial charge is 0.200 e. The number of benzene rings is 2. The second-order valence-corrected chi connectivity index (χ2v) is 8.29. The Bertz CT molecular complexity index is 780. The van der Waals surface area contributed by atoms with Gasteiger partial charge in [0, 0.05) is 5.41 Å². The van der Waals surface area contributed by atoms with Gasteiger partial charge in [0.15, 0.2) is 9.84 Å². The minimum absolute atomic E-state index is 0.00687. The van der Waals surface area contributed by atoms with Crippen LogP contribution in [0.2, 0.25) is 0 Å². The van der Waals surface area contributed by atoms with Gasteiger partial charge in [-0.2, -0.15) is 0 Å². The lowest BCUT2D eigenvalue weighted by atomic mass is 9.86. The maximum atomic E-state index is 12.5. The molecule has 3 heteroatoms. The highest BCUT2D eigenvalue weighted by Gasteiger charge is 2.18. The van der Waals surface area contributed by atoms with Crippen molar-refractivity contribution in [1.82, 2.24) is 0 Å². The van der Waals surface area contributed by atoms with Gasteiger partial charge >= 0.3 is 0 Å². The fourth-order valence-electron chi connectivity index (χ4n) is 2.24. The van der Waals surface area contributed by atoms with Crippen LogP contribution in [0.5, 0.6) is 0 Å². The normalized spacial score (nSPS) is 12.7.